The number of benzene rings is 2. The van der Waals surface area contributed by atoms with Crippen LogP contribution in [0.15, 0.2) is 47.3 Å². The van der Waals surface area contributed by atoms with Gasteiger partial charge in [0.25, 0.3) is 0 Å². The highest BCUT2D eigenvalue weighted by Crippen LogP contribution is 2.44. The van der Waals surface area contributed by atoms with E-state index in [1.165, 1.54) is 37.0 Å². The zero-order valence-electron chi connectivity index (χ0n) is 13.9. The lowest BCUT2D eigenvalue weighted by Crippen LogP contribution is -2.30. The summed E-state index contributed by atoms with van der Waals surface area (Å²) in [5.41, 5.74) is 5.13. The van der Waals surface area contributed by atoms with Gasteiger partial charge in [-0.05, 0) is 54.5 Å². The second-order valence-electron chi connectivity index (χ2n) is 7.18. The number of pyridine rings is 1. The van der Waals surface area contributed by atoms with Gasteiger partial charge in [0.2, 0.25) is 0 Å². The summed E-state index contributed by atoms with van der Waals surface area (Å²) in [6.45, 7) is 4.39. The number of aromatic amines is 1. The highest BCUT2D eigenvalue weighted by atomic mass is 19.1. The first kappa shape index (κ1) is 15.1. The lowest BCUT2D eigenvalue weighted by atomic mass is 9.66. The predicted molar refractivity (Wildman–Crippen MR) is 95.9 cm³/mol. The second-order valence-corrected chi connectivity index (χ2v) is 7.18. The van der Waals surface area contributed by atoms with Crippen LogP contribution in [0.5, 0.6) is 0 Å². The lowest BCUT2D eigenvalue weighted by molar-refractivity contribution is 0.272. The minimum Gasteiger partial charge on any atom is -0.354 e. The summed E-state index contributed by atoms with van der Waals surface area (Å²) >= 11 is 0. The molecule has 0 spiro atoms. The maximum absolute atomic E-state index is 13.3. The van der Waals surface area contributed by atoms with E-state index in [1.54, 1.807) is 12.1 Å². The summed E-state index contributed by atoms with van der Waals surface area (Å²) in [4.78, 5) is 15.6. The van der Waals surface area contributed by atoms with Crippen molar-refractivity contribution in [1.29, 1.82) is 0 Å². The molecule has 0 amide bonds. The number of hydrogen-bond acceptors (Lipinski definition) is 1. The average molecular weight is 321 g/mol. The van der Waals surface area contributed by atoms with E-state index in [2.05, 4.69) is 37.0 Å². The summed E-state index contributed by atoms with van der Waals surface area (Å²) < 4.78 is 13.3. The topological polar surface area (TPSA) is 32.9 Å². The molecule has 0 atom stereocenters. The van der Waals surface area contributed by atoms with Crippen molar-refractivity contribution in [2.45, 2.75) is 38.5 Å². The zero-order chi connectivity index (χ0) is 16.9. The van der Waals surface area contributed by atoms with Crippen molar-refractivity contribution < 1.29 is 4.39 Å². The summed E-state index contributed by atoms with van der Waals surface area (Å²) in [5, 5.41) is 0.384. The number of nitrogens with one attached hydrogen (secondary N) is 1. The molecular formula is C21H20FNO. The molecule has 1 saturated carbocycles. The maximum atomic E-state index is 13.3. The van der Waals surface area contributed by atoms with Crippen LogP contribution >= 0.6 is 0 Å². The number of halogens is 1. The van der Waals surface area contributed by atoms with Gasteiger partial charge in [-0.1, -0.05) is 31.5 Å². The van der Waals surface area contributed by atoms with Crippen LogP contribution in [0.25, 0.3) is 22.2 Å². The predicted octanol–water partition coefficient (Wildman–Crippen LogP) is 5.08. The molecule has 122 valence electrons. The molecular weight excluding hydrogens is 301 g/mol. The molecule has 0 radical (unpaired) electrons. The van der Waals surface area contributed by atoms with E-state index in [9.17, 15) is 9.18 Å². The van der Waals surface area contributed by atoms with Gasteiger partial charge in [0.15, 0.2) is 5.43 Å². The van der Waals surface area contributed by atoms with Crippen molar-refractivity contribution in [3.05, 3.63) is 69.6 Å². The van der Waals surface area contributed by atoms with E-state index in [4.69, 9.17) is 0 Å². The summed E-state index contributed by atoms with van der Waals surface area (Å²) in [7, 11) is 0. The standard InChI is InChI=1S/C21H20FNO/c1-13-10-14(21(2)8-3-9-21)4-6-16(13)19-12-20(24)17-11-15(22)5-7-18(17)23-19/h4-7,10-12H,3,8-9H2,1-2H3,(H,23,24). The van der Waals surface area contributed by atoms with Crippen LogP contribution in [0, 0.1) is 12.7 Å². The Bertz CT molecular complexity index is 998. The van der Waals surface area contributed by atoms with Crippen LogP contribution in [0.3, 0.4) is 0 Å². The Hall–Kier alpha value is -2.42. The van der Waals surface area contributed by atoms with Crippen LogP contribution in [0.2, 0.25) is 0 Å². The Labute approximate surface area is 140 Å². The quantitative estimate of drug-likeness (QED) is 0.701. The van der Waals surface area contributed by atoms with Crippen LogP contribution in [0.1, 0.15) is 37.3 Å². The van der Waals surface area contributed by atoms with E-state index in [1.807, 2.05) is 0 Å². The van der Waals surface area contributed by atoms with Gasteiger partial charge in [-0.25, -0.2) is 4.39 Å². The van der Waals surface area contributed by atoms with Crippen molar-refractivity contribution in [3.63, 3.8) is 0 Å². The van der Waals surface area contributed by atoms with E-state index >= 15 is 0 Å². The van der Waals surface area contributed by atoms with Crippen LogP contribution in [-0.2, 0) is 5.41 Å². The highest BCUT2D eigenvalue weighted by Gasteiger charge is 2.33. The molecule has 0 unspecified atom stereocenters. The van der Waals surface area contributed by atoms with E-state index in [0.717, 1.165) is 16.8 Å². The maximum Gasteiger partial charge on any atom is 0.190 e. The monoisotopic (exact) mass is 321 g/mol. The Balaban J connectivity index is 1.83. The molecule has 3 aromatic rings. The van der Waals surface area contributed by atoms with Crippen molar-refractivity contribution in [3.8, 4) is 11.3 Å². The molecule has 0 aliphatic heterocycles. The molecule has 2 nitrogen and oxygen atoms in total. The number of fused-ring (bicyclic) bond motifs is 1. The van der Waals surface area contributed by atoms with E-state index in [-0.39, 0.29) is 5.43 Å². The Morgan fingerprint density at radius 1 is 1.08 bits per heavy atom. The fourth-order valence-electron chi connectivity index (χ4n) is 3.70. The molecule has 1 N–H and O–H groups in total. The molecule has 3 heteroatoms. The van der Waals surface area contributed by atoms with Gasteiger partial charge in [0.1, 0.15) is 5.82 Å². The molecule has 0 bridgehead atoms. The fourth-order valence-corrected chi connectivity index (χ4v) is 3.70. The van der Waals surface area contributed by atoms with Crippen molar-refractivity contribution in [2.24, 2.45) is 0 Å². The first-order valence-electron chi connectivity index (χ1n) is 8.40. The molecule has 24 heavy (non-hydrogen) atoms. The highest BCUT2D eigenvalue weighted by molar-refractivity contribution is 5.82. The molecule has 0 saturated heterocycles. The smallest absolute Gasteiger partial charge is 0.190 e. The SMILES string of the molecule is Cc1cc(C2(C)CCC2)ccc1-c1cc(=O)c2cc(F)ccc2[nH]1. The third-order valence-corrected chi connectivity index (χ3v) is 5.46. The van der Waals surface area contributed by atoms with Crippen molar-refractivity contribution in [2.75, 3.05) is 0 Å². The van der Waals surface area contributed by atoms with Gasteiger partial charge in [-0.2, -0.15) is 0 Å². The first-order chi connectivity index (χ1) is 11.5. The first-order valence-corrected chi connectivity index (χ1v) is 8.40. The number of H-pyrrole nitrogens is 1. The molecule has 1 fully saturated rings. The van der Waals surface area contributed by atoms with Gasteiger partial charge >= 0.3 is 0 Å². The number of aryl methyl sites for hydroxylation is 1. The molecule has 2 aromatic carbocycles. The van der Waals surface area contributed by atoms with E-state index < -0.39 is 5.82 Å². The molecule has 1 aliphatic carbocycles. The normalized spacial score (nSPS) is 16.1. The lowest BCUT2D eigenvalue weighted by Gasteiger charge is -2.39. The Morgan fingerprint density at radius 3 is 2.54 bits per heavy atom. The van der Waals surface area contributed by atoms with Crippen LogP contribution in [-0.4, -0.2) is 4.98 Å². The molecule has 1 aromatic heterocycles. The second kappa shape index (κ2) is 5.30. The van der Waals surface area contributed by atoms with Crippen molar-refractivity contribution in [1.82, 2.24) is 4.98 Å². The van der Waals surface area contributed by atoms with Crippen LogP contribution < -0.4 is 5.43 Å². The van der Waals surface area contributed by atoms with Gasteiger partial charge in [-0.15, -0.1) is 0 Å². The summed E-state index contributed by atoms with van der Waals surface area (Å²) in [6, 6.07) is 12.3. The van der Waals surface area contributed by atoms with Gasteiger partial charge < -0.3 is 4.98 Å². The minimum absolute atomic E-state index is 0.160. The fraction of sp³-hybridized carbons (Fsp3) is 0.286. The molecule has 1 heterocycles. The largest absolute Gasteiger partial charge is 0.354 e. The minimum atomic E-state index is -0.393. The number of rotatable bonds is 2. The average Bonchev–Trinajstić information content (AvgIpc) is 2.53. The zero-order valence-corrected chi connectivity index (χ0v) is 13.9. The van der Waals surface area contributed by atoms with Crippen LogP contribution in [0.4, 0.5) is 4.39 Å². The third-order valence-electron chi connectivity index (χ3n) is 5.46. The number of hydrogen-bond donors (Lipinski definition) is 1. The summed E-state index contributed by atoms with van der Waals surface area (Å²) in [5.74, 6) is -0.393. The number of aromatic nitrogens is 1. The van der Waals surface area contributed by atoms with Gasteiger partial charge in [0.05, 0.1) is 0 Å². The van der Waals surface area contributed by atoms with E-state index in [0.29, 0.717) is 16.3 Å². The van der Waals surface area contributed by atoms with Gasteiger partial charge in [-0.3, -0.25) is 4.79 Å². The molecule has 1 aliphatic rings. The Kier molecular flexibility index (Phi) is 3.34. The summed E-state index contributed by atoms with van der Waals surface area (Å²) in [6.07, 6.45) is 3.78. The third kappa shape index (κ3) is 2.35. The van der Waals surface area contributed by atoms with Gasteiger partial charge in [0, 0.05) is 28.2 Å². The van der Waals surface area contributed by atoms with Crippen molar-refractivity contribution >= 4 is 10.9 Å². The molecule has 4 rings (SSSR count). The Morgan fingerprint density at radius 2 is 1.88 bits per heavy atom.